The fourth-order valence-corrected chi connectivity index (χ4v) is 2.51. The molecule has 1 heterocycles. The van der Waals surface area contributed by atoms with Gasteiger partial charge in [-0.3, -0.25) is 4.79 Å². The van der Waals surface area contributed by atoms with E-state index in [0.29, 0.717) is 31.6 Å². The molecule has 0 unspecified atom stereocenters. The summed E-state index contributed by atoms with van der Waals surface area (Å²) >= 11 is 0. The Hall–Kier alpha value is -3.71. The molecule has 5 amide bonds. The number of nitrogens with one attached hydrogen (secondary N) is 3. The van der Waals surface area contributed by atoms with Crippen molar-refractivity contribution in [1.82, 2.24) is 15.5 Å². The third-order valence-corrected chi connectivity index (χ3v) is 4.12. The number of urea groups is 2. The predicted molar refractivity (Wildman–Crippen MR) is 106 cm³/mol. The lowest BCUT2D eigenvalue weighted by atomic mass is 10.1. The van der Waals surface area contributed by atoms with Gasteiger partial charge in [0.25, 0.3) is 0 Å². The molecule has 0 saturated carbocycles. The first-order valence-corrected chi connectivity index (χ1v) is 9.25. The van der Waals surface area contributed by atoms with Crippen LogP contribution in [0.25, 0.3) is 0 Å². The van der Waals surface area contributed by atoms with E-state index in [1.165, 1.54) is 0 Å². The summed E-state index contributed by atoms with van der Waals surface area (Å²) in [7, 11) is 1.58. The van der Waals surface area contributed by atoms with E-state index in [1.807, 2.05) is 0 Å². The molecule has 0 spiro atoms. The second kappa shape index (κ2) is 12.2. The summed E-state index contributed by atoms with van der Waals surface area (Å²) in [5.74, 6) is -2.63. The smallest absolute Gasteiger partial charge is 0.490 e. The van der Waals surface area contributed by atoms with E-state index in [2.05, 4.69) is 16.0 Å². The molecular weight excluding hydrogens is 439 g/mol. The summed E-state index contributed by atoms with van der Waals surface area (Å²) in [5.41, 5.74) is 5.66. The van der Waals surface area contributed by atoms with Gasteiger partial charge < -0.3 is 36.4 Å². The number of amides is 5. The van der Waals surface area contributed by atoms with Gasteiger partial charge in [-0.1, -0.05) is 0 Å². The lowest BCUT2D eigenvalue weighted by Crippen LogP contribution is -2.50. The van der Waals surface area contributed by atoms with E-state index < -0.39 is 24.1 Å². The summed E-state index contributed by atoms with van der Waals surface area (Å²) in [6, 6.07) is 6.44. The van der Waals surface area contributed by atoms with Crippen molar-refractivity contribution in [2.45, 2.75) is 25.1 Å². The number of anilines is 1. The Labute approximate surface area is 181 Å². The van der Waals surface area contributed by atoms with Crippen LogP contribution in [0.1, 0.15) is 12.8 Å². The number of alkyl halides is 3. The van der Waals surface area contributed by atoms with Crippen molar-refractivity contribution in [2.75, 3.05) is 32.1 Å². The quantitative estimate of drug-likeness (QED) is 0.439. The van der Waals surface area contributed by atoms with Crippen molar-refractivity contribution in [1.29, 1.82) is 0 Å². The molecule has 1 aromatic carbocycles. The van der Waals surface area contributed by atoms with Gasteiger partial charge in [0.15, 0.2) is 0 Å². The zero-order valence-corrected chi connectivity index (χ0v) is 17.1. The third-order valence-electron chi connectivity index (χ3n) is 4.12. The number of primary amides is 1. The molecule has 0 bridgehead atoms. The fraction of sp³-hybridized carbons (Fsp3) is 0.444. The van der Waals surface area contributed by atoms with Crippen molar-refractivity contribution < 1.29 is 42.2 Å². The number of hydrogen-bond acceptors (Lipinski definition) is 5. The van der Waals surface area contributed by atoms with Gasteiger partial charge in [0, 0.05) is 24.8 Å². The van der Waals surface area contributed by atoms with Crippen LogP contribution >= 0.6 is 0 Å². The average Bonchev–Trinajstić information content (AvgIpc) is 2.73. The number of ether oxygens (including phenoxy) is 1. The molecule has 0 radical (unpaired) electrons. The maximum atomic E-state index is 12.3. The van der Waals surface area contributed by atoms with Crippen molar-refractivity contribution in [2.24, 2.45) is 5.73 Å². The van der Waals surface area contributed by atoms with Gasteiger partial charge in [0.1, 0.15) is 5.75 Å². The van der Waals surface area contributed by atoms with Crippen LogP contribution < -0.4 is 26.4 Å². The van der Waals surface area contributed by atoms with Crippen LogP contribution in [0, 0.1) is 0 Å². The molecule has 1 fully saturated rings. The van der Waals surface area contributed by atoms with Crippen LogP contribution in [0.3, 0.4) is 0 Å². The van der Waals surface area contributed by atoms with Crippen LogP contribution in [0.2, 0.25) is 0 Å². The Kier molecular flexibility index (Phi) is 10.1. The SMILES string of the molecule is COc1ccc(NC(=O)N2CCC(NC(=O)NCC(N)=O)CC2)cc1.O=C(O)C(F)(F)F. The van der Waals surface area contributed by atoms with Crippen LogP contribution in [0.15, 0.2) is 24.3 Å². The third kappa shape index (κ3) is 9.86. The maximum Gasteiger partial charge on any atom is 0.490 e. The number of rotatable bonds is 5. The number of carboxylic acids is 1. The molecule has 1 aliphatic rings. The van der Waals surface area contributed by atoms with Gasteiger partial charge in [-0.15, -0.1) is 0 Å². The monoisotopic (exact) mass is 463 g/mol. The Morgan fingerprint density at radius 3 is 2.12 bits per heavy atom. The molecule has 178 valence electrons. The van der Waals surface area contributed by atoms with Gasteiger partial charge in [-0.25, -0.2) is 14.4 Å². The van der Waals surface area contributed by atoms with Crippen molar-refractivity contribution >= 4 is 29.6 Å². The number of nitrogens with zero attached hydrogens (tertiary/aromatic N) is 1. The molecule has 0 aliphatic carbocycles. The number of carboxylic acid groups (broad SMARTS) is 1. The molecule has 0 aromatic heterocycles. The van der Waals surface area contributed by atoms with Crippen LogP contribution in [-0.2, 0) is 9.59 Å². The number of methoxy groups -OCH3 is 1. The number of nitrogens with two attached hydrogens (primary N) is 1. The number of benzene rings is 1. The van der Waals surface area contributed by atoms with Gasteiger partial charge in [0.2, 0.25) is 5.91 Å². The molecule has 6 N–H and O–H groups in total. The Morgan fingerprint density at radius 2 is 1.69 bits per heavy atom. The molecular formula is C18H24F3N5O6. The number of halogens is 3. The fourth-order valence-electron chi connectivity index (χ4n) is 2.51. The molecule has 1 aliphatic heterocycles. The first-order chi connectivity index (χ1) is 14.9. The molecule has 2 rings (SSSR count). The molecule has 11 nitrogen and oxygen atoms in total. The summed E-state index contributed by atoms with van der Waals surface area (Å²) in [5, 5.41) is 15.1. The number of hydrogen-bond donors (Lipinski definition) is 5. The summed E-state index contributed by atoms with van der Waals surface area (Å²) in [6.45, 7) is 0.862. The Morgan fingerprint density at radius 1 is 1.16 bits per heavy atom. The average molecular weight is 463 g/mol. The summed E-state index contributed by atoms with van der Waals surface area (Å²) in [6.07, 6.45) is -3.81. The maximum absolute atomic E-state index is 12.3. The predicted octanol–water partition coefficient (Wildman–Crippen LogP) is 1.11. The second-order valence-electron chi connectivity index (χ2n) is 6.52. The first kappa shape index (κ1) is 26.3. The highest BCUT2D eigenvalue weighted by atomic mass is 19.4. The standard InChI is InChI=1S/C16H23N5O4.C2HF3O2/c1-25-13-4-2-11(3-5-13)20-16(24)21-8-6-12(7-9-21)19-15(23)18-10-14(17)22;3-2(4,5)1(6)7/h2-5,12H,6-10H2,1H3,(H2,17,22)(H,20,24)(H2,18,19,23);(H,6,7). The number of aliphatic carboxylic acids is 1. The summed E-state index contributed by atoms with van der Waals surface area (Å²) in [4.78, 5) is 45.1. The molecule has 32 heavy (non-hydrogen) atoms. The minimum absolute atomic E-state index is 0.0436. The normalized spacial score (nSPS) is 13.8. The highest BCUT2D eigenvalue weighted by Gasteiger charge is 2.38. The molecule has 14 heteroatoms. The Balaban J connectivity index is 0.000000633. The van der Waals surface area contributed by atoms with Crippen LogP contribution in [0.5, 0.6) is 5.75 Å². The van der Waals surface area contributed by atoms with Gasteiger partial charge >= 0.3 is 24.2 Å². The minimum Gasteiger partial charge on any atom is -0.497 e. The number of carbonyl (C=O) groups is 4. The highest BCUT2D eigenvalue weighted by Crippen LogP contribution is 2.17. The van der Waals surface area contributed by atoms with Crippen molar-refractivity contribution in [3.63, 3.8) is 0 Å². The van der Waals surface area contributed by atoms with E-state index in [0.717, 1.165) is 5.75 Å². The number of likely N-dealkylation sites (tertiary alicyclic amines) is 1. The molecule has 0 atom stereocenters. The van der Waals surface area contributed by atoms with E-state index in [-0.39, 0.29) is 18.6 Å². The zero-order chi connectivity index (χ0) is 24.3. The van der Waals surface area contributed by atoms with Crippen molar-refractivity contribution in [3.8, 4) is 5.75 Å². The van der Waals surface area contributed by atoms with E-state index in [4.69, 9.17) is 20.4 Å². The Bertz CT molecular complexity index is 795. The highest BCUT2D eigenvalue weighted by molar-refractivity contribution is 5.89. The van der Waals surface area contributed by atoms with Crippen LogP contribution in [0.4, 0.5) is 28.4 Å². The zero-order valence-electron chi connectivity index (χ0n) is 17.1. The van der Waals surface area contributed by atoms with Gasteiger partial charge in [0.05, 0.1) is 13.7 Å². The molecule has 1 saturated heterocycles. The van der Waals surface area contributed by atoms with Crippen molar-refractivity contribution in [3.05, 3.63) is 24.3 Å². The van der Waals surface area contributed by atoms with Gasteiger partial charge in [-0.05, 0) is 37.1 Å². The summed E-state index contributed by atoms with van der Waals surface area (Å²) < 4.78 is 36.8. The largest absolute Gasteiger partial charge is 0.497 e. The number of carbonyl (C=O) groups excluding carboxylic acids is 3. The lowest BCUT2D eigenvalue weighted by molar-refractivity contribution is -0.192. The minimum atomic E-state index is -5.08. The van der Waals surface area contributed by atoms with Gasteiger partial charge in [-0.2, -0.15) is 13.2 Å². The van der Waals surface area contributed by atoms with E-state index >= 15 is 0 Å². The topological polar surface area (TPSA) is 163 Å². The lowest BCUT2D eigenvalue weighted by Gasteiger charge is -2.32. The van der Waals surface area contributed by atoms with E-state index in [9.17, 15) is 27.6 Å². The number of piperidine rings is 1. The van der Waals surface area contributed by atoms with E-state index in [1.54, 1.807) is 36.3 Å². The molecule has 1 aromatic rings. The second-order valence-corrected chi connectivity index (χ2v) is 6.52. The van der Waals surface area contributed by atoms with Crippen LogP contribution in [-0.4, -0.2) is 72.9 Å². The first-order valence-electron chi connectivity index (χ1n) is 9.25.